The molecule has 0 spiro atoms. The molecule has 1 aliphatic carbocycles. The molecule has 1 N–H and O–H groups in total. The summed E-state index contributed by atoms with van der Waals surface area (Å²) in [5, 5.41) is 9.61. The molecule has 0 radical (unpaired) electrons. The van der Waals surface area contributed by atoms with Crippen LogP contribution in [0.15, 0.2) is 0 Å². The van der Waals surface area contributed by atoms with Gasteiger partial charge in [0.1, 0.15) is 0 Å². The lowest BCUT2D eigenvalue weighted by molar-refractivity contribution is -0.166. The van der Waals surface area contributed by atoms with E-state index >= 15 is 0 Å². The minimum atomic E-state index is -0.811. The Hall–Kier alpha value is -0.0800. The van der Waals surface area contributed by atoms with Gasteiger partial charge in [0.25, 0.3) is 0 Å². The lowest BCUT2D eigenvalue weighted by Crippen LogP contribution is -2.22. The molecular weight excluding hydrogens is 128 g/mol. The SMILES string of the molecule is CC(C)OC1(O)[C@H](C)[C@@H]1C. The maximum Gasteiger partial charge on any atom is 0.171 e. The van der Waals surface area contributed by atoms with Crippen molar-refractivity contribution in [3.8, 4) is 0 Å². The van der Waals surface area contributed by atoms with Crippen LogP contribution in [0.5, 0.6) is 0 Å². The first-order valence-corrected chi connectivity index (χ1v) is 3.88. The summed E-state index contributed by atoms with van der Waals surface area (Å²) in [4.78, 5) is 0. The molecule has 0 aliphatic heterocycles. The number of hydrogen-bond donors (Lipinski definition) is 1. The summed E-state index contributed by atoms with van der Waals surface area (Å²) in [6.45, 7) is 7.89. The molecular formula is C8H16O2. The van der Waals surface area contributed by atoms with Gasteiger partial charge >= 0.3 is 0 Å². The van der Waals surface area contributed by atoms with E-state index in [2.05, 4.69) is 0 Å². The molecule has 60 valence electrons. The molecule has 1 unspecified atom stereocenters. The summed E-state index contributed by atoms with van der Waals surface area (Å²) < 4.78 is 5.33. The predicted octanol–water partition coefficient (Wildman–Crippen LogP) is 1.39. The first-order chi connectivity index (χ1) is 4.48. The molecule has 3 atom stereocenters. The summed E-state index contributed by atoms with van der Waals surface area (Å²) in [5.74, 6) is -0.210. The monoisotopic (exact) mass is 144 g/mol. The predicted molar refractivity (Wildman–Crippen MR) is 39.5 cm³/mol. The molecule has 0 aromatic heterocycles. The van der Waals surface area contributed by atoms with E-state index in [0.29, 0.717) is 11.8 Å². The van der Waals surface area contributed by atoms with Gasteiger partial charge in [0, 0.05) is 11.8 Å². The zero-order valence-corrected chi connectivity index (χ0v) is 7.09. The number of ether oxygens (including phenoxy) is 1. The highest BCUT2D eigenvalue weighted by Crippen LogP contribution is 2.51. The first-order valence-electron chi connectivity index (χ1n) is 3.88. The van der Waals surface area contributed by atoms with E-state index in [1.165, 1.54) is 0 Å². The highest BCUT2D eigenvalue weighted by Gasteiger charge is 2.60. The molecule has 1 saturated carbocycles. The highest BCUT2D eigenvalue weighted by atomic mass is 16.6. The van der Waals surface area contributed by atoms with Gasteiger partial charge in [-0.1, -0.05) is 13.8 Å². The van der Waals surface area contributed by atoms with Crippen LogP contribution in [-0.4, -0.2) is 17.0 Å². The molecule has 0 saturated heterocycles. The quantitative estimate of drug-likeness (QED) is 0.593. The Kier molecular flexibility index (Phi) is 1.77. The van der Waals surface area contributed by atoms with Crippen molar-refractivity contribution >= 4 is 0 Å². The zero-order valence-electron chi connectivity index (χ0n) is 7.09. The fraction of sp³-hybridized carbons (Fsp3) is 1.00. The van der Waals surface area contributed by atoms with Gasteiger partial charge in [-0.3, -0.25) is 0 Å². The Morgan fingerprint density at radius 1 is 1.30 bits per heavy atom. The Morgan fingerprint density at radius 3 is 1.80 bits per heavy atom. The Bertz CT molecular complexity index is 123. The number of hydrogen-bond acceptors (Lipinski definition) is 2. The maximum atomic E-state index is 9.61. The molecule has 2 heteroatoms. The molecule has 1 aliphatic rings. The molecule has 1 fully saturated rings. The standard InChI is InChI=1S/C8H16O2/c1-5(2)10-8(9)6(3)7(8)4/h5-7,9H,1-4H3/t6-,7+,8?. The van der Waals surface area contributed by atoms with Crippen molar-refractivity contribution in [2.24, 2.45) is 11.8 Å². The van der Waals surface area contributed by atoms with Crippen LogP contribution >= 0.6 is 0 Å². The highest BCUT2D eigenvalue weighted by molar-refractivity contribution is 5.00. The van der Waals surface area contributed by atoms with Crippen LogP contribution in [0.1, 0.15) is 27.7 Å². The normalized spacial score (nSPS) is 46.2. The average molecular weight is 144 g/mol. The molecule has 0 aromatic rings. The van der Waals surface area contributed by atoms with Crippen LogP contribution in [-0.2, 0) is 4.74 Å². The van der Waals surface area contributed by atoms with Crippen molar-refractivity contribution < 1.29 is 9.84 Å². The molecule has 1 rings (SSSR count). The lowest BCUT2D eigenvalue weighted by Gasteiger charge is -2.14. The van der Waals surface area contributed by atoms with Gasteiger partial charge in [0.05, 0.1) is 6.10 Å². The molecule has 0 bridgehead atoms. The topological polar surface area (TPSA) is 29.5 Å². The minimum Gasteiger partial charge on any atom is -0.365 e. The van der Waals surface area contributed by atoms with Crippen LogP contribution in [0.25, 0.3) is 0 Å². The summed E-state index contributed by atoms with van der Waals surface area (Å²) in [7, 11) is 0. The zero-order chi connectivity index (χ0) is 7.94. The van der Waals surface area contributed by atoms with Crippen molar-refractivity contribution in [3.63, 3.8) is 0 Å². The van der Waals surface area contributed by atoms with Gasteiger partial charge in [-0.05, 0) is 13.8 Å². The molecule has 0 heterocycles. The molecule has 0 aromatic carbocycles. The second-order valence-electron chi connectivity index (χ2n) is 3.50. The maximum absolute atomic E-state index is 9.61. The fourth-order valence-electron chi connectivity index (χ4n) is 1.31. The number of aliphatic hydroxyl groups is 1. The van der Waals surface area contributed by atoms with Gasteiger partial charge in [0.2, 0.25) is 0 Å². The second kappa shape index (κ2) is 2.21. The third-order valence-electron chi connectivity index (χ3n) is 2.37. The van der Waals surface area contributed by atoms with E-state index in [-0.39, 0.29) is 6.10 Å². The van der Waals surface area contributed by atoms with E-state index in [1.54, 1.807) is 0 Å². The van der Waals surface area contributed by atoms with Crippen LogP contribution in [0.2, 0.25) is 0 Å². The third kappa shape index (κ3) is 1.06. The Morgan fingerprint density at radius 2 is 1.70 bits per heavy atom. The van der Waals surface area contributed by atoms with Gasteiger partial charge < -0.3 is 9.84 Å². The van der Waals surface area contributed by atoms with Crippen molar-refractivity contribution in [2.75, 3.05) is 0 Å². The molecule has 0 amide bonds. The van der Waals surface area contributed by atoms with Crippen LogP contribution < -0.4 is 0 Å². The third-order valence-corrected chi connectivity index (χ3v) is 2.37. The van der Waals surface area contributed by atoms with E-state index in [1.807, 2.05) is 27.7 Å². The van der Waals surface area contributed by atoms with Gasteiger partial charge in [-0.15, -0.1) is 0 Å². The van der Waals surface area contributed by atoms with E-state index in [9.17, 15) is 5.11 Å². The van der Waals surface area contributed by atoms with E-state index < -0.39 is 5.79 Å². The minimum absolute atomic E-state index is 0.123. The summed E-state index contributed by atoms with van der Waals surface area (Å²) in [6, 6.07) is 0. The first kappa shape index (κ1) is 8.02. The van der Waals surface area contributed by atoms with Crippen molar-refractivity contribution in [1.82, 2.24) is 0 Å². The summed E-state index contributed by atoms with van der Waals surface area (Å²) in [5.41, 5.74) is 0. The molecule has 10 heavy (non-hydrogen) atoms. The summed E-state index contributed by atoms with van der Waals surface area (Å²) in [6.07, 6.45) is 0.123. The van der Waals surface area contributed by atoms with Crippen molar-refractivity contribution in [1.29, 1.82) is 0 Å². The van der Waals surface area contributed by atoms with Gasteiger partial charge in [0.15, 0.2) is 5.79 Å². The van der Waals surface area contributed by atoms with Crippen molar-refractivity contribution in [2.45, 2.75) is 39.6 Å². The number of rotatable bonds is 2. The van der Waals surface area contributed by atoms with Crippen LogP contribution in [0.4, 0.5) is 0 Å². The van der Waals surface area contributed by atoms with Gasteiger partial charge in [-0.25, -0.2) is 0 Å². The van der Waals surface area contributed by atoms with Gasteiger partial charge in [-0.2, -0.15) is 0 Å². The van der Waals surface area contributed by atoms with Crippen LogP contribution in [0.3, 0.4) is 0 Å². The fourth-order valence-corrected chi connectivity index (χ4v) is 1.31. The smallest absolute Gasteiger partial charge is 0.171 e. The Balaban J connectivity index is 2.42. The average Bonchev–Trinajstić information content (AvgIpc) is 2.18. The van der Waals surface area contributed by atoms with E-state index in [4.69, 9.17) is 4.74 Å². The molecule has 2 nitrogen and oxygen atoms in total. The van der Waals surface area contributed by atoms with E-state index in [0.717, 1.165) is 0 Å². The van der Waals surface area contributed by atoms with Crippen molar-refractivity contribution in [3.05, 3.63) is 0 Å². The Labute approximate surface area is 62.2 Å². The van der Waals surface area contributed by atoms with Crippen LogP contribution in [0, 0.1) is 11.8 Å². The largest absolute Gasteiger partial charge is 0.365 e. The second-order valence-corrected chi connectivity index (χ2v) is 3.50. The lowest BCUT2D eigenvalue weighted by atomic mass is 10.4. The summed E-state index contributed by atoms with van der Waals surface area (Å²) >= 11 is 0.